The van der Waals surface area contributed by atoms with Gasteiger partial charge in [0.25, 0.3) is 0 Å². The second-order valence-corrected chi connectivity index (χ2v) is 5.26. The lowest BCUT2D eigenvalue weighted by Gasteiger charge is -2.31. The molecule has 3 nitrogen and oxygen atoms in total. The van der Waals surface area contributed by atoms with Crippen molar-refractivity contribution in [1.29, 1.82) is 0 Å². The molecule has 1 heterocycles. The Morgan fingerprint density at radius 2 is 2.41 bits per heavy atom. The number of rotatable bonds is 4. The van der Waals surface area contributed by atoms with Crippen molar-refractivity contribution in [3.63, 3.8) is 0 Å². The van der Waals surface area contributed by atoms with Crippen LogP contribution >= 0.6 is 0 Å². The van der Waals surface area contributed by atoms with Gasteiger partial charge in [-0.1, -0.05) is 19.6 Å². The fourth-order valence-corrected chi connectivity index (χ4v) is 2.87. The van der Waals surface area contributed by atoms with Crippen LogP contribution < -0.4 is 0 Å². The standard InChI is InChI=1S/C14H21NO2/c1-11(17-3)7-9-15-12-6-4-5-8-14(12,2)10-13(15)16/h6H,1,4-5,7-10H2,2-3H3. The van der Waals surface area contributed by atoms with Gasteiger partial charge >= 0.3 is 0 Å². The number of carbonyl (C=O) groups excluding carboxylic acids is 1. The first-order valence-electron chi connectivity index (χ1n) is 6.29. The largest absolute Gasteiger partial charge is 0.502 e. The van der Waals surface area contributed by atoms with Crippen molar-refractivity contribution in [1.82, 2.24) is 4.90 Å². The van der Waals surface area contributed by atoms with Gasteiger partial charge in [0.15, 0.2) is 0 Å². The third kappa shape index (κ3) is 2.24. The minimum absolute atomic E-state index is 0.0870. The molecule has 3 heteroatoms. The molecule has 1 atom stereocenters. The molecule has 17 heavy (non-hydrogen) atoms. The molecule has 0 saturated carbocycles. The molecule has 0 aromatic heterocycles. The van der Waals surface area contributed by atoms with E-state index in [4.69, 9.17) is 4.74 Å². The maximum Gasteiger partial charge on any atom is 0.227 e. The minimum atomic E-state index is 0.0870. The average Bonchev–Trinajstić information content (AvgIpc) is 2.56. The zero-order valence-corrected chi connectivity index (χ0v) is 10.8. The Labute approximate surface area is 103 Å². The van der Waals surface area contributed by atoms with Gasteiger partial charge in [0.1, 0.15) is 0 Å². The number of hydrogen-bond donors (Lipinski definition) is 0. The van der Waals surface area contributed by atoms with E-state index in [9.17, 15) is 4.79 Å². The number of methoxy groups -OCH3 is 1. The zero-order valence-electron chi connectivity index (χ0n) is 10.8. The first kappa shape index (κ1) is 12.2. The Bertz CT molecular complexity index is 372. The van der Waals surface area contributed by atoms with E-state index in [2.05, 4.69) is 19.6 Å². The van der Waals surface area contributed by atoms with E-state index in [1.165, 1.54) is 12.1 Å². The van der Waals surface area contributed by atoms with Crippen molar-refractivity contribution < 1.29 is 9.53 Å². The zero-order chi connectivity index (χ0) is 12.5. The fourth-order valence-electron chi connectivity index (χ4n) is 2.87. The quantitative estimate of drug-likeness (QED) is 0.701. The number of likely N-dealkylation sites (tertiary alicyclic amines) is 1. The minimum Gasteiger partial charge on any atom is -0.502 e. The third-order valence-electron chi connectivity index (χ3n) is 3.92. The predicted molar refractivity (Wildman–Crippen MR) is 67.1 cm³/mol. The van der Waals surface area contributed by atoms with Gasteiger partial charge in [-0.25, -0.2) is 0 Å². The Morgan fingerprint density at radius 3 is 3.12 bits per heavy atom. The van der Waals surface area contributed by atoms with Crippen molar-refractivity contribution in [2.24, 2.45) is 5.41 Å². The normalized spacial score (nSPS) is 27.8. The molecule has 0 radical (unpaired) electrons. The fraction of sp³-hybridized carbons (Fsp3) is 0.643. The molecule has 1 saturated heterocycles. The summed E-state index contributed by atoms with van der Waals surface area (Å²) in [6, 6.07) is 0. The number of nitrogens with zero attached hydrogens (tertiary/aromatic N) is 1. The van der Waals surface area contributed by atoms with Gasteiger partial charge in [0, 0.05) is 30.5 Å². The molecule has 2 rings (SSSR count). The summed E-state index contributed by atoms with van der Waals surface area (Å²) in [4.78, 5) is 14.0. The lowest BCUT2D eigenvalue weighted by atomic mass is 9.77. The summed E-state index contributed by atoms with van der Waals surface area (Å²) in [5, 5.41) is 0. The van der Waals surface area contributed by atoms with Crippen molar-refractivity contribution >= 4 is 5.91 Å². The van der Waals surface area contributed by atoms with Crippen LogP contribution in [0.15, 0.2) is 24.1 Å². The summed E-state index contributed by atoms with van der Waals surface area (Å²) in [7, 11) is 1.62. The topological polar surface area (TPSA) is 29.5 Å². The predicted octanol–water partition coefficient (Wildman–Crippen LogP) is 2.84. The summed E-state index contributed by atoms with van der Waals surface area (Å²) in [5.74, 6) is 0.993. The molecule has 0 aromatic carbocycles. The van der Waals surface area contributed by atoms with Crippen LogP contribution in [0.1, 0.15) is 39.0 Å². The SMILES string of the molecule is C=C(CCN1C(=O)CC2(C)CCCC=C12)OC. The molecule has 94 valence electrons. The molecule has 0 N–H and O–H groups in total. The van der Waals surface area contributed by atoms with E-state index in [1.807, 2.05) is 4.90 Å². The van der Waals surface area contributed by atoms with Crippen molar-refractivity contribution in [2.45, 2.75) is 39.0 Å². The highest BCUT2D eigenvalue weighted by Crippen LogP contribution is 2.47. The first-order chi connectivity index (χ1) is 8.07. The maximum absolute atomic E-state index is 12.1. The summed E-state index contributed by atoms with van der Waals surface area (Å²) in [6.07, 6.45) is 7.05. The number of hydrogen-bond acceptors (Lipinski definition) is 2. The van der Waals surface area contributed by atoms with Gasteiger partial charge in [-0.05, 0) is 19.3 Å². The molecule has 1 fully saturated rings. The highest BCUT2D eigenvalue weighted by atomic mass is 16.5. The van der Waals surface area contributed by atoms with E-state index < -0.39 is 0 Å². The Hall–Kier alpha value is -1.25. The summed E-state index contributed by atoms with van der Waals surface area (Å²) in [5.41, 5.74) is 1.32. The Balaban J connectivity index is 2.09. The molecule has 1 amide bonds. The van der Waals surface area contributed by atoms with Crippen LogP contribution in [0, 0.1) is 5.41 Å². The van der Waals surface area contributed by atoms with Crippen LogP contribution in [0.4, 0.5) is 0 Å². The van der Waals surface area contributed by atoms with Crippen molar-refractivity contribution in [3.05, 3.63) is 24.1 Å². The van der Waals surface area contributed by atoms with Gasteiger partial charge < -0.3 is 9.64 Å². The third-order valence-corrected chi connectivity index (χ3v) is 3.92. The van der Waals surface area contributed by atoms with Gasteiger partial charge in [-0.15, -0.1) is 0 Å². The number of ether oxygens (including phenoxy) is 1. The van der Waals surface area contributed by atoms with E-state index in [1.54, 1.807) is 7.11 Å². The Morgan fingerprint density at radius 1 is 1.65 bits per heavy atom. The van der Waals surface area contributed by atoms with Gasteiger partial charge in [0.05, 0.1) is 12.9 Å². The van der Waals surface area contributed by atoms with Gasteiger partial charge in [0.2, 0.25) is 5.91 Å². The molecule has 1 aliphatic carbocycles. The summed E-state index contributed by atoms with van der Waals surface area (Å²) in [6.45, 7) is 6.71. The van der Waals surface area contributed by atoms with E-state index in [0.29, 0.717) is 13.0 Å². The summed E-state index contributed by atoms with van der Waals surface area (Å²) >= 11 is 0. The Kier molecular flexibility index (Phi) is 3.27. The number of fused-ring (bicyclic) bond motifs is 1. The van der Waals surface area contributed by atoms with Crippen molar-refractivity contribution in [3.8, 4) is 0 Å². The number of amides is 1. The second-order valence-electron chi connectivity index (χ2n) is 5.26. The molecule has 0 bridgehead atoms. The first-order valence-corrected chi connectivity index (χ1v) is 6.29. The molecular weight excluding hydrogens is 214 g/mol. The molecule has 1 aliphatic heterocycles. The van der Waals surface area contributed by atoms with E-state index in [0.717, 1.165) is 25.0 Å². The smallest absolute Gasteiger partial charge is 0.227 e. The van der Waals surface area contributed by atoms with Crippen LogP contribution in [-0.4, -0.2) is 24.5 Å². The summed E-state index contributed by atoms with van der Waals surface area (Å²) < 4.78 is 5.05. The van der Waals surface area contributed by atoms with Crippen molar-refractivity contribution in [2.75, 3.05) is 13.7 Å². The highest BCUT2D eigenvalue weighted by molar-refractivity contribution is 5.83. The second kappa shape index (κ2) is 4.55. The van der Waals surface area contributed by atoms with Crippen LogP contribution in [0.3, 0.4) is 0 Å². The maximum atomic E-state index is 12.1. The van der Waals surface area contributed by atoms with Crippen LogP contribution in [0.2, 0.25) is 0 Å². The van der Waals surface area contributed by atoms with E-state index >= 15 is 0 Å². The molecular formula is C14H21NO2. The number of allylic oxidation sites excluding steroid dienone is 2. The van der Waals surface area contributed by atoms with Gasteiger partial charge in [-0.2, -0.15) is 0 Å². The molecule has 1 unspecified atom stereocenters. The van der Waals surface area contributed by atoms with Crippen LogP contribution in [0.25, 0.3) is 0 Å². The van der Waals surface area contributed by atoms with Crippen LogP contribution in [0.5, 0.6) is 0 Å². The van der Waals surface area contributed by atoms with Gasteiger partial charge in [-0.3, -0.25) is 4.79 Å². The molecule has 2 aliphatic rings. The monoisotopic (exact) mass is 235 g/mol. The number of carbonyl (C=O) groups is 1. The lowest BCUT2D eigenvalue weighted by molar-refractivity contribution is -0.127. The lowest BCUT2D eigenvalue weighted by Crippen LogP contribution is -2.28. The average molecular weight is 235 g/mol. The van der Waals surface area contributed by atoms with Crippen LogP contribution in [-0.2, 0) is 9.53 Å². The molecule has 0 spiro atoms. The van der Waals surface area contributed by atoms with E-state index in [-0.39, 0.29) is 11.3 Å². The highest BCUT2D eigenvalue weighted by Gasteiger charge is 2.44. The molecule has 0 aromatic rings.